The van der Waals surface area contributed by atoms with E-state index in [1.54, 1.807) is 6.07 Å². The number of rotatable bonds is 6. The van der Waals surface area contributed by atoms with Gasteiger partial charge in [0.05, 0.1) is 23.1 Å². The molecule has 1 unspecified atom stereocenters. The number of pyridine rings is 1. The SMILES string of the molecule is Cc1cc(-c2ccc(-c3cn(C4CCC(=O)NC4=O)c(=O)o3)c(F)c2)nc(N)c1NCC1CCOCC1. The Labute approximate surface area is 212 Å². The van der Waals surface area contributed by atoms with Crippen LogP contribution < -0.4 is 22.1 Å². The van der Waals surface area contributed by atoms with E-state index < -0.39 is 29.4 Å². The Bertz CT molecular complexity index is 1390. The number of ether oxygens (including phenoxy) is 1. The molecule has 4 N–H and O–H groups in total. The minimum absolute atomic E-state index is 0.0185. The van der Waals surface area contributed by atoms with E-state index in [0.717, 1.165) is 48.4 Å². The second-order valence-corrected chi connectivity index (χ2v) is 9.45. The van der Waals surface area contributed by atoms with Crippen LogP contribution in [0.4, 0.5) is 15.9 Å². The van der Waals surface area contributed by atoms with Crippen LogP contribution in [-0.4, -0.2) is 41.1 Å². The minimum atomic E-state index is -0.890. The first kappa shape index (κ1) is 24.7. The van der Waals surface area contributed by atoms with E-state index in [9.17, 15) is 14.4 Å². The lowest BCUT2D eigenvalue weighted by Crippen LogP contribution is -2.43. The zero-order chi connectivity index (χ0) is 26.1. The molecule has 0 spiro atoms. The lowest BCUT2D eigenvalue weighted by atomic mass is 10.00. The summed E-state index contributed by atoms with van der Waals surface area (Å²) in [6.45, 7) is 4.24. The van der Waals surface area contributed by atoms with Crippen molar-refractivity contribution in [2.24, 2.45) is 5.92 Å². The van der Waals surface area contributed by atoms with Crippen molar-refractivity contribution in [3.05, 3.63) is 52.4 Å². The van der Waals surface area contributed by atoms with Crippen LogP contribution in [0.15, 0.2) is 39.7 Å². The zero-order valence-electron chi connectivity index (χ0n) is 20.4. The van der Waals surface area contributed by atoms with Crippen molar-refractivity contribution >= 4 is 23.3 Å². The number of aryl methyl sites for hydroxylation is 1. The van der Waals surface area contributed by atoms with E-state index >= 15 is 4.39 Å². The summed E-state index contributed by atoms with van der Waals surface area (Å²) < 4.78 is 26.9. The Kier molecular flexibility index (Phi) is 6.79. The molecule has 1 atom stereocenters. The van der Waals surface area contributed by atoms with Crippen molar-refractivity contribution < 1.29 is 23.1 Å². The minimum Gasteiger partial charge on any atom is -0.408 e. The van der Waals surface area contributed by atoms with Crippen LogP contribution in [0, 0.1) is 18.7 Å². The average Bonchev–Trinajstić information content (AvgIpc) is 3.24. The molecule has 2 aliphatic heterocycles. The fraction of sp³-hybridized carbons (Fsp3) is 0.385. The fourth-order valence-electron chi connectivity index (χ4n) is 4.79. The third-order valence-electron chi connectivity index (χ3n) is 6.89. The Balaban J connectivity index is 1.36. The molecule has 37 heavy (non-hydrogen) atoms. The van der Waals surface area contributed by atoms with E-state index in [0.29, 0.717) is 23.0 Å². The predicted molar refractivity (Wildman–Crippen MR) is 134 cm³/mol. The van der Waals surface area contributed by atoms with E-state index in [1.807, 2.05) is 13.0 Å². The van der Waals surface area contributed by atoms with Crippen molar-refractivity contribution in [1.82, 2.24) is 14.9 Å². The summed E-state index contributed by atoms with van der Waals surface area (Å²) in [6.07, 6.45) is 3.56. The van der Waals surface area contributed by atoms with Crippen LogP contribution in [-0.2, 0) is 14.3 Å². The molecule has 2 aromatic heterocycles. The number of carbonyl (C=O) groups is 2. The molecule has 0 bridgehead atoms. The van der Waals surface area contributed by atoms with Gasteiger partial charge in [0.1, 0.15) is 17.7 Å². The monoisotopic (exact) mass is 509 g/mol. The zero-order valence-corrected chi connectivity index (χ0v) is 20.4. The first-order valence-electron chi connectivity index (χ1n) is 12.2. The van der Waals surface area contributed by atoms with Crippen LogP contribution in [0.25, 0.3) is 22.6 Å². The smallest absolute Gasteiger partial charge is 0.408 e. The molecule has 2 aliphatic rings. The summed E-state index contributed by atoms with van der Waals surface area (Å²) in [6, 6.07) is 5.41. The molecule has 1 aromatic carbocycles. The van der Waals surface area contributed by atoms with Crippen molar-refractivity contribution in [2.75, 3.05) is 30.8 Å². The highest BCUT2D eigenvalue weighted by Gasteiger charge is 2.30. The Morgan fingerprint density at radius 2 is 1.97 bits per heavy atom. The first-order valence-corrected chi connectivity index (χ1v) is 12.2. The summed E-state index contributed by atoms with van der Waals surface area (Å²) in [7, 11) is 0. The standard InChI is InChI=1S/C26H28FN5O5/c1-14-10-19(30-24(28)23(14)29-12-15-6-8-36-9-7-15)16-2-3-17(18(27)11-16)21-13-32(26(35)37-21)20-4-5-22(33)31-25(20)34/h2-3,10-11,13,15,20,29H,4-9,12H2,1H3,(H2,28,30)(H,31,33,34). The highest BCUT2D eigenvalue weighted by Crippen LogP contribution is 2.32. The lowest BCUT2D eigenvalue weighted by molar-refractivity contribution is -0.135. The number of anilines is 2. The Morgan fingerprint density at radius 3 is 2.68 bits per heavy atom. The number of hydrogen-bond donors (Lipinski definition) is 3. The first-order chi connectivity index (χ1) is 17.8. The molecule has 5 rings (SSSR count). The molecule has 10 nitrogen and oxygen atoms in total. The third-order valence-corrected chi connectivity index (χ3v) is 6.89. The molecule has 2 saturated heterocycles. The van der Waals surface area contributed by atoms with Gasteiger partial charge in [-0.15, -0.1) is 0 Å². The van der Waals surface area contributed by atoms with E-state index in [2.05, 4.69) is 15.6 Å². The molecule has 0 aliphatic carbocycles. The maximum Gasteiger partial charge on any atom is 0.420 e. The quantitative estimate of drug-likeness (QED) is 0.431. The van der Waals surface area contributed by atoms with Gasteiger partial charge in [0.15, 0.2) is 5.76 Å². The van der Waals surface area contributed by atoms with Gasteiger partial charge in [-0.2, -0.15) is 0 Å². The predicted octanol–water partition coefficient (Wildman–Crippen LogP) is 3.02. The molecule has 0 radical (unpaired) electrons. The van der Waals surface area contributed by atoms with E-state index in [-0.39, 0.29) is 24.2 Å². The van der Waals surface area contributed by atoms with Crippen LogP contribution in [0.3, 0.4) is 0 Å². The van der Waals surface area contributed by atoms with Gasteiger partial charge in [-0.3, -0.25) is 19.5 Å². The number of hydrogen-bond acceptors (Lipinski definition) is 8. The number of nitrogens with two attached hydrogens (primary N) is 1. The second-order valence-electron chi connectivity index (χ2n) is 9.45. The number of oxazole rings is 1. The number of halogens is 1. The summed E-state index contributed by atoms with van der Waals surface area (Å²) >= 11 is 0. The molecule has 11 heteroatoms. The Hall–Kier alpha value is -3.99. The number of imide groups is 1. The van der Waals surface area contributed by atoms with Crippen molar-refractivity contribution in [1.29, 1.82) is 0 Å². The number of nitrogens with zero attached hydrogens (tertiary/aromatic N) is 2. The number of piperidine rings is 1. The topological polar surface area (TPSA) is 141 Å². The number of nitrogen functional groups attached to an aromatic ring is 1. The molecular weight excluding hydrogens is 481 g/mol. The third kappa shape index (κ3) is 5.12. The van der Waals surface area contributed by atoms with Gasteiger partial charge in [0.2, 0.25) is 11.8 Å². The van der Waals surface area contributed by atoms with Crippen LogP contribution in [0.5, 0.6) is 0 Å². The highest BCUT2D eigenvalue weighted by molar-refractivity contribution is 5.99. The summed E-state index contributed by atoms with van der Waals surface area (Å²) in [4.78, 5) is 40.4. The van der Waals surface area contributed by atoms with Crippen LogP contribution >= 0.6 is 0 Å². The highest BCUT2D eigenvalue weighted by atomic mass is 19.1. The summed E-state index contributed by atoms with van der Waals surface area (Å²) in [5.74, 6) is -1.59. The Morgan fingerprint density at radius 1 is 1.19 bits per heavy atom. The van der Waals surface area contributed by atoms with Crippen LogP contribution in [0.2, 0.25) is 0 Å². The molecular formula is C26H28FN5O5. The number of benzene rings is 1. The fourth-order valence-corrected chi connectivity index (χ4v) is 4.79. The van der Waals surface area contributed by atoms with Gasteiger partial charge in [-0.1, -0.05) is 6.07 Å². The normalized spacial score (nSPS) is 18.6. The number of carbonyl (C=O) groups excluding carboxylic acids is 2. The molecule has 4 heterocycles. The lowest BCUT2D eigenvalue weighted by Gasteiger charge is -2.23. The summed E-state index contributed by atoms with van der Waals surface area (Å²) in [5, 5.41) is 5.60. The van der Waals surface area contributed by atoms with Gasteiger partial charge in [0, 0.05) is 31.7 Å². The van der Waals surface area contributed by atoms with Gasteiger partial charge in [-0.25, -0.2) is 14.2 Å². The maximum absolute atomic E-state index is 15.2. The maximum atomic E-state index is 15.2. The number of amides is 2. The molecule has 3 aromatic rings. The second kappa shape index (κ2) is 10.2. The molecule has 0 saturated carbocycles. The molecule has 194 valence electrons. The van der Waals surface area contributed by atoms with E-state index in [4.69, 9.17) is 14.9 Å². The molecule has 2 amide bonds. The van der Waals surface area contributed by atoms with Crippen molar-refractivity contribution in [3.63, 3.8) is 0 Å². The van der Waals surface area contributed by atoms with E-state index in [1.165, 1.54) is 18.3 Å². The summed E-state index contributed by atoms with van der Waals surface area (Å²) in [5.41, 5.74) is 9.00. The number of nitrogens with one attached hydrogen (secondary N) is 2. The van der Waals surface area contributed by atoms with Gasteiger partial charge >= 0.3 is 5.76 Å². The van der Waals surface area contributed by atoms with Crippen LogP contribution in [0.1, 0.15) is 37.3 Å². The van der Waals surface area contributed by atoms with Crippen molar-refractivity contribution in [2.45, 2.75) is 38.6 Å². The van der Waals surface area contributed by atoms with Gasteiger partial charge in [0.25, 0.3) is 0 Å². The molecule has 2 fully saturated rings. The van der Waals surface area contributed by atoms with Gasteiger partial charge in [-0.05, 0) is 55.9 Å². The largest absolute Gasteiger partial charge is 0.420 e. The average molecular weight is 510 g/mol. The number of aromatic nitrogens is 2. The van der Waals surface area contributed by atoms with Crippen molar-refractivity contribution in [3.8, 4) is 22.6 Å². The van der Waals surface area contributed by atoms with Gasteiger partial charge < -0.3 is 20.2 Å².